The molecule has 130 valence electrons. The Morgan fingerprint density at radius 1 is 0.680 bits per heavy atom. The van der Waals surface area contributed by atoms with Crippen LogP contribution in [0.4, 0.5) is 11.4 Å². The van der Waals surface area contributed by atoms with E-state index in [1.165, 1.54) is 54.3 Å². The molecular formula is C24H29N. The quantitative estimate of drug-likeness (QED) is 0.417. The normalized spacial score (nSPS) is 12.2. The molecule has 0 aliphatic heterocycles. The van der Waals surface area contributed by atoms with Crippen molar-refractivity contribution in [1.82, 2.24) is 0 Å². The van der Waals surface area contributed by atoms with E-state index in [0.717, 1.165) is 0 Å². The molecule has 0 N–H and O–H groups in total. The lowest BCUT2D eigenvalue weighted by Gasteiger charge is -2.34. The molecule has 3 rings (SSSR count). The van der Waals surface area contributed by atoms with E-state index in [0.29, 0.717) is 6.04 Å². The van der Waals surface area contributed by atoms with Gasteiger partial charge in [-0.1, -0.05) is 81.6 Å². The van der Waals surface area contributed by atoms with Crippen LogP contribution in [0.3, 0.4) is 0 Å². The van der Waals surface area contributed by atoms with Crippen LogP contribution in [0.25, 0.3) is 10.8 Å². The third-order valence-corrected chi connectivity index (χ3v) is 4.92. The van der Waals surface area contributed by atoms with Gasteiger partial charge in [0.05, 0.1) is 0 Å². The predicted octanol–water partition coefficient (Wildman–Crippen LogP) is 7.34. The molecule has 0 spiro atoms. The average molecular weight is 332 g/mol. The summed E-state index contributed by atoms with van der Waals surface area (Å²) in [4.78, 5) is 2.56. The summed E-state index contributed by atoms with van der Waals surface area (Å²) in [6.45, 7) is 4.58. The average Bonchev–Trinajstić information content (AvgIpc) is 2.67. The SMILES string of the molecule is CCCCC(CCC)N(c1ccccc1)c1ccc2ccccc2c1. The lowest BCUT2D eigenvalue weighted by molar-refractivity contribution is 0.525. The van der Waals surface area contributed by atoms with Crippen LogP contribution < -0.4 is 4.90 Å². The van der Waals surface area contributed by atoms with Crippen molar-refractivity contribution in [2.75, 3.05) is 4.90 Å². The Morgan fingerprint density at radius 2 is 1.40 bits per heavy atom. The highest BCUT2D eigenvalue weighted by molar-refractivity contribution is 5.87. The van der Waals surface area contributed by atoms with Crippen LogP contribution in [0.1, 0.15) is 46.0 Å². The molecule has 0 aliphatic carbocycles. The van der Waals surface area contributed by atoms with Crippen LogP contribution in [-0.4, -0.2) is 6.04 Å². The number of fused-ring (bicyclic) bond motifs is 1. The zero-order chi connectivity index (χ0) is 17.5. The molecule has 0 saturated heterocycles. The highest BCUT2D eigenvalue weighted by Crippen LogP contribution is 2.33. The van der Waals surface area contributed by atoms with E-state index in [-0.39, 0.29) is 0 Å². The van der Waals surface area contributed by atoms with Gasteiger partial charge in [0, 0.05) is 17.4 Å². The van der Waals surface area contributed by atoms with Gasteiger partial charge in [-0.05, 0) is 47.9 Å². The number of nitrogens with zero attached hydrogens (tertiary/aromatic N) is 1. The highest BCUT2D eigenvalue weighted by atomic mass is 15.2. The van der Waals surface area contributed by atoms with Crippen molar-refractivity contribution in [2.45, 2.75) is 52.0 Å². The molecule has 0 aliphatic rings. The van der Waals surface area contributed by atoms with Gasteiger partial charge in [-0.15, -0.1) is 0 Å². The Kier molecular flexibility index (Phi) is 6.11. The maximum atomic E-state index is 2.56. The van der Waals surface area contributed by atoms with Crippen molar-refractivity contribution >= 4 is 22.1 Å². The largest absolute Gasteiger partial charge is 0.338 e. The topological polar surface area (TPSA) is 3.24 Å². The predicted molar refractivity (Wildman–Crippen MR) is 111 cm³/mol. The summed E-state index contributed by atoms with van der Waals surface area (Å²) in [5.41, 5.74) is 2.60. The third kappa shape index (κ3) is 4.22. The lowest BCUT2D eigenvalue weighted by atomic mass is 10.0. The van der Waals surface area contributed by atoms with E-state index in [9.17, 15) is 0 Å². The zero-order valence-corrected chi connectivity index (χ0v) is 15.5. The molecule has 0 saturated carbocycles. The second-order valence-electron chi connectivity index (χ2n) is 6.82. The number of hydrogen-bond donors (Lipinski definition) is 0. The van der Waals surface area contributed by atoms with Crippen LogP contribution in [-0.2, 0) is 0 Å². The Balaban J connectivity index is 2.04. The number of benzene rings is 3. The first-order chi connectivity index (χ1) is 12.3. The van der Waals surface area contributed by atoms with Crippen molar-refractivity contribution in [3.8, 4) is 0 Å². The molecule has 0 heterocycles. The van der Waals surface area contributed by atoms with Gasteiger partial charge in [-0.3, -0.25) is 0 Å². The monoisotopic (exact) mass is 331 g/mol. The first-order valence-electron chi connectivity index (χ1n) is 9.66. The summed E-state index contributed by atoms with van der Waals surface area (Å²) < 4.78 is 0. The number of para-hydroxylation sites is 1. The maximum absolute atomic E-state index is 2.56. The van der Waals surface area contributed by atoms with Crippen LogP contribution >= 0.6 is 0 Å². The Labute approximate surface area is 152 Å². The molecule has 0 radical (unpaired) electrons. The molecule has 1 heteroatoms. The summed E-state index contributed by atoms with van der Waals surface area (Å²) in [5.74, 6) is 0. The standard InChI is InChI=1S/C24H29N/c1-3-5-14-22(11-4-2)25(23-15-7-6-8-16-23)24-18-17-20-12-9-10-13-21(20)19-24/h6-10,12-13,15-19,22H,3-5,11,14H2,1-2H3. The Bertz CT molecular complexity index is 778. The summed E-state index contributed by atoms with van der Waals surface area (Å²) in [6, 6.07) is 26.9. The zero-order valence-electron chi connectivity index (χ0n) is 15.5. The van der Waals surface area contributed by atoms with E-state index in [2.05, 4.69) is 91.5 Å². The fourth-order valence-corrected chi connectivity index (χ4v) is 3.66. The van der Waals surface area contributed by atoms with Crippen molar-refractivity contribution < 1.29 is 0 Å². The van der Waals surface area contributed by atoms with Crippen LogP contribution in [0.5, 0.6) is 0 Å². The summed E-state index contributed by atoms with van der Waals surface area (Å²) in [7, 11) is 0. The Morgan fingerprint density at radius 3 is 2.12 bits per heavy atom. The van der Waals surface area contributed by atoms with Crippen LogP contribution in [0, 0.1) is 0 Å². The highest BCUT2D eigenvalue weighted by Gasteiger charge is 2.20. The first kappa shape index (κ1) is 17.5. The summed E-state index contributed by atoms with van der Waals surface area (Å²) in [5, 5.41) is 2.62. The molecule has 0 bridgehead atoms. The van der Waals surface area contributed by atoms with Gasteiger partial charge in [0.25, 0.3) is 0 Å². The molecule has 0 fully saturated rings. The van der Waals surface area contributed by atoms with E-state index in [4.69, 9.17) is 0 Å². The van der Waals surface area contributed by atoms with E-state index in [1.54, 1.807) is 0 Å². The molecule has 3 aromatic rings. The third-order valence-electron chi connectivity index (χ3n) is 4.92. The number of hydrogen-bond acceptors (Lipinski definition) is 1. The van der Waals surface area contributed by atoms with Crippen LogP contribution in [0.15, 0.2) is 72.8 Å². The molecule has 1 nitrogen and oxygen atoms in total. The second kappa shape index (κ2) is 8.71. The van der Waals surface area contributed by atoms with Gasteiger partial charge in [0.1, 0.15) is 0 Å². The minimum absolute atomic E-state index is 0.550. The Hall–Kier alpha value is -2.28. The van der Waals surface area contributed by atoms with Gasteiger partial charge in [-0.25, -0.2) is 0 Å². The van der Waals surface area contributed by atoms with Crippen LogP contribution in [0.2, 0.25) is 0 Å². The van der Waals surface area contributed by atoms with Gasteiger partial charge < -0.3 is 4.90 Å². The van der Waals surface area contributed by atoms with Gasteiger partial charge in [0.2, 0.25) is 0 Å². The molecule has 1 unspecified atom stereocenters. The lowest BCUT2D eigenvalue weighted by Crippen LogP contribution is -2.31. The van der Waals surface area contributed by atoms with Gasteiger partial charge >= 0.3 is 0 Å². The smallest absolute Gasteiger partial charge is 0.0419 e. The second-order valence-corrected chi connectivity index (χ2v) is 6.82. The van der Waals surface area contributed by atoms with Crippen molar-refractivity contribution in [1.29, 1.82) is 0 Å². The van der Waals surface area contributed by atoms with Gasteiger partial charge in [0.15, 0.2) is 0 Å². The van der Waals surface area contributed by atoms with Gasteiger partial charge in [-0.2, -0.15) is 0 Å². The molecule has 3 aromatic carbocycles. The fourth-order valence-electron chi connectivity index (χ4n) is 3.66. The first-order valence-corrected chi connectivity index (χ1v) is 9.66. The number of unbranched alkanes of at least 4 members (excludes halogenated alkanes) is 1. The minimum atomic E-state index is 0.550. The van der Waals surface area contributed by atoms with Crippen molar-refractivity contribution in [3.05, 3.63) is 72.8 Å². The molecule has 0 aromatic heterocycles. The number of anilines is 2. The molecule has 1 atom stereocenters. The molecule has 0 amide bonds. The fraction of sp³-hybridized carbons (Fsp3) is 0.333. The number of rotatable bonds is 8. The van der Waals surface area contributed by atoms with Crippen molar-refractivity contribution in [2.24, 2.45) is 0 Å². The maximum Gasteiger partial charge on any atom is 0.0419 e. The summed E-state index contributed by atoms with van der Waals surface area (Å²) >= 11 is 0. The molecule has 25 heavy (non-hydrogen) atoms. The van der Waals surface area contributed by atoms with E-state index < -0.39 is 0 Å². The minimum Gasteiger partial charge on any atom is -0.338 e. The molecular weight excluding hydrogens is 302 g/mol. The van der Waals surface area contributed by atoms with E-state index in [1.807, 2.05) is 0 Å². The van der Waals surface area contributed by atoms with Crippen molar-refractivity contribution in [3.63, 3.8) is 0 Å². The van der Waals surface area contributed by atoms with E-state index >= 15 is 0 Å². The summed E-state index contributed by atoms with van der Waals surface area (Å²) in [6.07, 6.45) is 6.21.